The van der Waals surface area contributed by atoms with Gasteiger partial charge in [-0.25, -0.2) is 9.82 Å². The van der Waals surface area contributed by atoms with Crippen LogP contribution in [0.2, 0.25) is 0 Å². The SMILES string of the molecule is CC(C)(C)C(=O)N1CCC(NNc2ccc(F)cc2)CC1. The van der Waals surface area contributed by atoms with Crippen molar-refractivity contribution >= 4 is 11.6 Å². The summed E-state index contributed by atoms with van der Waals surface area (Å²) in [6, 6.07) is 6.56. The quantitative estimate of drug-likeness (QED) is 0.842. The molecule has 0 aliphatic carbocycles. The first-order chi connectivity index (χ1) is 9.86. The molecule has 21 heavy (non-hydrogen) atoms. The average Bonchev–Trinajstić information content (AvgIpc) is 2.45. The summed E-state index contributed by atoms with van der Waals surface area (Å²) in [6.07, 6.45) is 1.83. The first-order valence-electron chi connectivity index (χ1n) is 7.43. The zero-order chi connectivity index (χ0) is 15.5. The topological polar surface area (TPSA) is 44.4 Å². The molecule has 1 heterocycles. The number of rotatable bonds is 3. The minimum Gasteiger partial charge on any atom is -0.342 e. The van der Waals surface area contributed by atoms with Crippen molar-refractivity contribution in [3.05, 3.63) is 30.1 Å². The highest BCUT2D eigenvalue weighted by atomic mass is 19.1. The van der Waals surface area contributed by atoms with Crippen LogP contribution in [0.4, 0.5) is 10.1 Å². The van der Waals surface area contributed by atoms with E-state index in [9.17, 15) is 9.18 Å². The summed E-state index contributed by atoms with van der Waals surface area (Å²) >= 11 is 0. The second-order valence-corrected chi connectivity index (χ2v) is 6.59. The monoisotopic (exact) mass is 293 g/mol. The second-order valence-electron chi connectivity index (χ2n) is 6.59. The van der Waals surface area contributed by atoms with Crippen LogP contribution in [0.1, 0.15) is 33.6 Å². The molecule has 0 bridgehead atoms. The maximum absolute atomic E-state index is 12.8. The van der Waals surface area contributed by atoms with Crippen LogP contribution in [-0.4, -0.2) is 29.9 Å². The Labute approximate surface area is 125 Å². The van der Waals surface area contributed by atoms with Gasteiger partial charge in [0.1, 0.15) is 5.82 Å². The summed E-state index contributed by atoms with van der Waals surface area (Å²) in [4.78, 5) is 14.1. The number of carbonyl (C=O) groups excluding carboxylic acids is 1. The van der Waals surface area contributed by atoms with Crippen LogP contribution in [0.5, 0.6) is 0 Å². The van der Waals surface area contributed by atoms with Crippen LogP contribution < -0.4 is 10.9 Å². The number of nitrogens with zero attached hydrogens (tertiary/aromatic N) is 1. The number of halogens is 1. The van der Waals surface area contributed by atoms with Crippen LogP contribution in [0, 0.1) is 11.2 Å². The summed E-state index contributed by atoms with van der Waals surface area (Å²) < 4.78 is 12.8. The molecule has 1 fully saturated rings. The highest BCUT2D eigenvalue weighted by Crippen LogP contribution is 2.21. The highest BCUT2D eigenvalue weighted by molar-refractivity contribution is 5.81. The normalized spacial score (nSPS) is 16.9. The molecule has 0 radical (unpaired) electrons. The fourth-order valence-electron chi connectivity index (χ4n) is 2.42. The van der Waals surface area contributed by atoms with Gasteiger partial charge in [-0.3, -0.25) is 4.79 Å². The van der Waals surface area contributed by atoms with Gasteiger partial charge in [0.25, 0.3) is 0 Å². The molecule has 0 atom stereocenters. The fourth-order valence-corrected chi connectivity index (χ4v) is 2.42. The van der Waals surface area contributed by atoms with Crippen molar-refractivity contribution < 1.29 is 9.18 Å². The molecule has 1 aromatic rings. The van der Waals surface area contributed by atoms with Crippen molar-refractivity contribution in [2.45, 2.75) is 39.7 Å². The van der Waals surface area contributed by atoms with Gasteiger partial charge in [0.2, 0.25) is 5.91 Å². The summed E-state index contributed by atoms with van der Waals surface area (Å²) in [5, 5.41) is 0. The number of hydrazine groups is 1. The third-order valence-electron chi connectivity index (χ3n) is 3.69. The molecule has 0 aromatic heterocycles. The van der Waals surface area contributed by atoms with Crippen molar-refractivity contribution in [1.29, 1.82) is 0 Å². The van der Waals surface area contributed by atoms with Gasteiger partial charge in [-0.2, -0.15) is 0 Å². The lowest BCUT2D eigenvalue weighted by Gasteiger charge is -2.36. The summed E-state index contributed by atoms with van der Waals surface area (Å²) in [6.45, 7) is 7.42. The first kappa shape index (κ1) is 15.8. The number of benzene rings is 1. The molecule has 4 nitrogen and oxygen atoms in total. The van der Waals surface area contributed by atoms with E-state index in [1.54, 1.807) is 12.1 Å². The summed E-state index contributed by atoms with van der Waals surface area (Å²) in [7, 11) is 0. The number of carbonyl (C=O) groups is 1. The maximum atomic E-state index is 12.8. The molecule has 116 valence electrons. The van der Waals surface area contributed by atoms with E-state index in [-0.39, 0.29) is 17.1 Å². The number of hydrogen-bond donors (Lipinski definition) is 2. The lowest BCUT2D eigenvalue weighted by Crippen LogP contribution is -2.49. The molecule has 2 rings (SSSR count). The largest absolute Gasteiger partial charge is 0.342 e. The van der Waals surface area contributed by atoms with Crippen molar-refractivity contribution in [3.8, 4) is 0 Å². The van der Waals surface area contributed by atoms with Gasteiger partial charge in [-0.1, -0.05) is 20.8 Å². The van der Waals surface area contributed by atoms with Gasteiger partial charge in [0.05, 0.1) is 0 Å². The molecular formula is C16H24FN3O. The van der Waals surface area contributed by atoms with E-state index >= 15 is 0 Å². The van der Waals surface area contributed by atoms with Gasteiger partial charge >= 0.3 is 0 Å². The van der Waals surface area contributed by atoms with E-state index in [1.165, 1.54) is 12.1 Å². The van der Waals surface area contributed by atoms with E-state index < -0.39 is 0 Å². The van der Waals surface area contributed by atoms with Crippen molar-refractivity contribution in [2.24, 2.45) is 5.41 Å². The van der Waals surface area contributed by atoms with Crippen LogP contribution >= 0.6 is 0 Å². The Morgan fingerprint density at radius 1 is 1.19 bits per heavy atom. The molecule has 1 aliphatic rings. The first-order valence-corrected chi connectivity index (χ1v) is 7.43. The van der Waals surface area contributed by atoms with Crippen molar-refractivity contribution in [2.75, 3.05) is 18.5 Å². The maximum Gasteiger partial charge on any atom is 0.227 e. The van der Waals surface area contributed by atoms with Gasteiger partial charge in [0, 0.05) is 30.2 Å². The Bertz CT molecular complexity index is 473. The van der Waals surface area contributed by atoms with E-state index in [0.29, 0.717) is 6.04 Å². The average molecular weight is 293 g/mol. The molecule has 1 amide bonds. The molecule has 0 spiro atoms. The number of hydrogen-bond acceptors (Lipinski definition) is 3. The zero-order valence-corrected chi connectivity index (χ0v) is 12.9. The van der Waals surface area contributed by atoms with Crippen molar-refractivity contribution in [3.63, 3.8) is 0 Å². The van der Waals surface area contributed by atoms with Gasteiger partial charge < -0.3 is 10.3 Å². The lowest BCUT2D eigenvalue weighted by molar-refractivity contribution is -0.140. The number of nitrogens with one attached hydrogen (secondary N) is 2. The number of anilines is 1. The Balaban J connectivity index is 1.77. The Morgan fingerprint density at radius 3 is 2.29 bits per heavy atom. The van der Waals surface area contributed by atoms with Crippen LogP contribution in [0.3, 0.4) is 0 Å². The van der Waals surface area contributed by atoms with E-state index in [1.807, 2.05) is 25.7 Å². The minimum absolute atomic E-state index is 0.215. The third kappa shape index (κ3) is 4.43. The smallest absolute Gasteiger partial charge is 0.227 e. The lowest BCUT2D eigenvalue weighted by atomic mass is 9.93. The van der Waals surface area contributed by atoms with Crippen molar-refractivity contribution in [1.82, 2.24) is 10.3 Å². The van der Waals surface area contributed by atoms with E-state index in [0.717, 1.165) is 31.6 Å². The Hall–Kier alpha value is -1.62. The van der Waals surface area contributed by atoms with Gasteiger partial charge in [-0.05, 0) is 37.1 Å². The van der Waals surface area contributed by atoms with Crippen LogP contribution in [-0.2, 0) is 4.79 Å². The summed E-state index contributed by atoms with van der Waals surface area (Å²) in [5.74, 6) is -0.0259. The standard InChI is InChI=1S/C16H24FN3O/c1-16(2,3)15(21)20-10-8-14(9-11-20)19-18-13-6-4-12(17)5-7-13/h4-7,14,18-19H,8-11H2,1-3H3. The van der Waals surface area contributed by atoms with Gasteiger partial charge in [-0.15, -0.1) is 0 Å². The molecule has 2 N–H and O–H groups in total. The Morgan fingerprint density at radius 2 is 1.76 bits per heavy atom. The third-order valence-corrected chi connectivity index (χ3v) is 3.69. The minimum atomic E-state index is -0.313. The number of amides is 1. The molecule has 5 heteroatoms. The molecule has 1 saturated heterocycles. The molecule has 1 aliphatic heterocycles. The van der Waals surface area contributed by atoms with Crippen LogP contribution in [0.25, 0.3) is 0 Å². The van der Waals surface area contributed by atoms with Gasteiger partial charge in [0.15, 0.2) is 0 Å². The Kier molecular flexibility index (Phi) is 4.83. The van der Waals surface area contributed by atoms with Crippen LogP contribution in [0.15, 0.2) is 24.3 Å². The zero-order valence-electron chi connectivity index (χ0n) is 12.9. The highest BCUT2D eigenvalue weighted by Gasteiger charge is 2.30. The molecule has 0 saturated carbocycles. The fraction of sp³-hybridized carbons (Fsp3) is 0.562. The molecule has 1 aromatic carbocycles. The molecule has 0 unspecified atom stereocenters. The number of likely N-dealkylation sites (tertiary alicyclic amines) is 1. The predicted octanol–water partition coefficient (Wildman–Crippen LogP) is 2.78. The molecular weight excluding hydrogens is 269 g/mol. The number of piperidine rings is 1. The van der Waals surface area contributed by atoms with E-state index in [2.05, 4.69) is 10.9 Å². The van der Waals surface area contributed by atoms with E-state index in [4.69, 9.17) is 0 Å². The second kappa shape index (κ2) is 6.43. The predicted molar refractivity (Wildman–Crippen MR) is 82.2 cm³/mol. The summed E-state index contributed by atoms with van der Waals surface area (Å²) in [5.41, 5.74) is 6.87.